The van der Waals surface area contributed by atoms with E-state index in [9.17, 15) is 13.2 Å². The Morgan fingerprint density at radius 1 is 1.67 bits per heavy atom. The molecule has 12 heavy (non-hydrogen) atoms. The Morgan fingerprint density at radius 2 is 2.33 bits per heavy atom. The van der Waals surface area contributed by atoms with Crippen molar-refractivity contribution in [2.75, 3.05) is 6.54 Å². The number of carboxylic acid groups (broad SMARTS) is 1. The first-order valence-corrected chi connectivity index (χ1v) is 4.75. The minimum atomic E-state index is -4.17. The van der Waals surface area contributed by atoms with E-state index in [1.54, 1.807) is 0 Å². The molecule has 1 aliphatic rings. The van der Waals surface area contributed by atoms with Crippen LogP contribution in [0.4, 0.5) is 0 Å². The second-order valence-corrected chi connectivity index (χ2v) is 3.89. The van der Waals surface area contributed by atoms with Crippen molar-refractivity contribution >= 4 is 16.3 Å². The van der Waals surface area contributed by atoms with Gasteiger partial charge in [-0.25, -0.2) is 0 Å². The van der Waals surface area contributed by atoms with E-state index in [4.69, 9.17) is 6.54 Å². The van der Waals surface area contributed by atoms with Gasteiger partial charge in [-0.3, -0.25) is 9.35 Å². The smallest absolute Gasteiger partial charge is 0.336 e. The first-order valence-electron chi connectivity index (χ1n) is 3.79. The summed E-state index contributed by atoms with van der Waals surface area (Å²) in [6.45, 7) is 0.0954. The summed E-state index contributed by atoms with van der Waals surface area (Å²) in [6, 6.07) is -1.09. The third-order valence-electron chi connectivity index (χ3n) is 1.78. The van der Waals surface area contributed by atoms with Gasteiger partial charge in [-0.15, -0.1) is 0 Å². The van der Waals surface area contributed by atoms with Gasteiger partial charge >= 0.3 is 16.3 Å². The van der Waals surface area contributed by atoms with E-state index in [2.05, 4.69) is 4.56 Å². The summed E-state index contributed by atoms with van der Waals surface area (Å²) in [5.74, 6) is -1.21. The van der Waals surface area contributed by atoms with Crippen LogP contribution in [-0.4, -0.2) is 40.9 Å². The molecule has 1 rings (SSSR count). The lowest BCUT2D eigenvalue weighted by molar-refractivity contribution is -0.140. The van der Waals surface area contributed by atoms with Crippen molar-refractivity contribution in [2.24, 2.45) is 0 Å². The molecule has 6 nitrogen and oxygen atoms in total. The number of nitrogens with zero attached hydrogens (tertiary/aromatic N) is 1. The molecule has 1 atom stereocenters. The Morgan fingerprint density at radius 3 is 2.83 bits per heavy atom. The second-order valence-electron chi connectivity index (χ2n) is 2.56. The summed E-state index contributed by atoms with van der Waals surface area (Å²) in [5, 5.41) is 8.62. The van der Waals surface area contributed by atoms with E-state index < -0.39 is 22.3 Å². The number of aliphatic carboxylic acids is 1. The first kappa shape index (κ1) is 7.96. The molecule has 0 aliphatic carbocycles. The molecule has 70 valence electrons. The van der Waals surface area contributed by atoms with Crippen molar-refractivity contribution in [3.8, 4) is 0 Å². The monoisotopic (exact) mass is 196 g/mol. The van der Waals surface area contributed by atoms with E-state index in [1.807, 2.05) is 0 Å². The summed E-state index contributed by atoms with van der Waals surface area (Å²) >= 11 is 0. The van der Waals surface area contributed by atoms with E-state index >= 15 is 0 Å². The van der Waals surface area contributed by atoms with Crippen LogP contribution in [0.5, 0.6) is 0 Å². The lowest BCUT2D eigenvalue weighted by Gasteiger charge is -2.15. The van der Waals surface area contributed by atoms with Gasteiger partial charge in [-0.1, -0.05) is 0 Å². The van der Waals surface area contributed by atoms with Crippen LogP contribution in [-0.2, 0) is 15.1 Å². The zero-order chi connectivity index (χ0) is 10.1. The fourth-order valence-corrected chi connectivity index (χ4v) is 2.11. The highest BCUT2D eigenvalue weighted by atomic mass is 32.2. The zero-order valence-electron chi connectivity index (χ0n) is 7.13. The largest absolute Gasteiger partial charge is 0.480 e. The molecule has 1 aliphatic heterocycles. The molecule has 0 aromatic rings. The van der Waals surface area contributed by atoms with Crippen molar-refractivity contribution in [3.05, 3.63) is 0 Å². The number of hydrogen-bond acceptors (Lipinski definition) is 4. The van der Waals surface area contributed by atoms with Crippen LogP contribution in [0.25, 0.3) is 1.43 Å². The van der Waals surface area contributed by atoms with Crippen molar-refractivity contribution in [3.63, 3.8) is 0 Å². The molecule has 0 saturated carbocycles. The van der Waals surface area contributed by atoms with Crippen LogP contribution < -0.4 is 0 Å². The SMILES string of the molecule is [2H]OS(=O)(=O)N1CCCC1C(=O)O. The Hall–Kier alpha value is -0.660. The molecule has 2 N–H and O–H groups in total. The Balaban J connectivity index is 2.86. The minimum absolute atomic E-state index is 0.0954. The maximum absolute atomic E-state index is 11.0. The second kappa shape index (κ2) is 3.00. The molecule has 1 heterocycles. The molecule has 0 bridgehead atoms. The Kier molecular flexibility index (Phi) is 1.99. The van der Waals surface area contributed by atoms with Crippen LogP contribution in [0.1, 0.15) is 12.8 Å². The van der Waals surface area contributed by atoms with E-state index in [0.717, 1.165) is 0 Å². The third-order valence-corrected chi connectivity index (χ3v) is 2.79. The van der Waals surface area contributed by atoms with Crippen molar-refractivity contribution < 1.29 is 22.9 Å². The average molecular weight is 196 g/mol. The fourth-order valence-electron chi connectivity index (χ4n) is 1.25. The minimum Gasteiger partial charge on any atom is -0.480 e. The summed E-state index contributed by atoms with van der Waals surface area (Å²) in [7, 11) is -4.17. The van der Waals surface area contributed by atoms with Gasteiger partial charge in [-0.05, 0) is 12.8 Å². The highest BCUT2D eigenvalue weighted by Gasteiger charge is 2.37. The zero-order valence-corrected chi connectivity index (χ0v) is 6.95. The predicted molar refractivity (Wildman–Crippen MR) is 38.9 cm³/mol. The van der Waals surface area contributed by atoms with Crippen molar-refractivity contribution in [2.45, 2.75) is 18.9 Å². The summed E-state index contributed by atoms with van der Waals surface area (Å²) < 4.78 is 32.4. The molecule has 1 saturated heterocycles. The fraction of sp³-hybridized carbons (Fsp3) is 0.800. The summed E-state index contributed by atoms with van der Waals surface area (Å²) in [4.78, 5) is 10.6. The number of carbonyl (C=O) groups is 1. The Bertz CT molecular complexity index is 302. The van der Waals surface area contributed by atoms with Crippen molar-refractivity contribution in [1.82, 2.24) is 4.31 Å². The van der Waals surface area contributed by atoms with Crippen molar-refractivity contribution in [1.29, 1.82) is 1.43 Å². The van der Waals surface area contributed by atoms with Crippen LogP contribution in [0, 0.1) is 0 Å². The van der Waals surface area contributed by atoms with Gasteiger partial charge in [0.25, 0.3) is 0 Å². The highest BCUT2D eigenvalue weighted by Crippen LogP contribution is 2.19. The van der Waals surface area contributed by atoms with Crippen LogP contribution in [0.15, 0.2) is 0 Å². The normalized spacial score (nSPS) is 27.0. The number of rotatable bonds is 3. The lowest BCUT2D eigenvalue weighted by atomic mass is 10.2. The molecule has 0 radical (unpaired) electrons. The quantitative estimate of drug-likeness (QED) is 0.584. The summed E-state index contributed by atoms with van der Waals surface area (Å²) in [6.07, 6.45) is 0.734. The van der Waals surface area contributed by atoms with Crippen LogP contribution in [0.3, 0.4) is 0 Å². The first-order chi connectivity index (χ1) is 5.99. The van der Waals surface area contributed by atoms with Gasteiger partial charge in [-0.2, -0.15) is 12.7 Å². The topological polar surface area (TPSA) is 94.9 Å². The average Bonchev–Trinajstić information content (AvgIpc) is 2.52. The van der Waals surface area contributed by atoms with E-state index in [-0.39, 0.29) is 13.0 Å². The standard InChI is InChI=1S/C5H9NO5S/c7-5(8)4-2-1-3-6(4)12(9,10)11/h4H,1-3H2,(H,7,8)(H,9,10,11)/i/hD. The predicted octanol–water partition coefficient (Wildman–Crippen LogP) is -0.662. The lowest BCUT2D eigenvalue weighted by Crippen LogP contribution is -2.39. The van der Waals surface area contributed by atoms with E-state index in [0.29, 0.717) is 10.7 Å². The number of hydrogen-bond donors (Lipinski definition) is 2. The van der Waals surface area contributed by atoms with Crippen LogP contribution in [0.2, 0.25) is 0 Å². The molecule has 0 spiro atoms. The van der Waals surface area contributed by atoms with Gasteiger partial charge in [0.15, 0.2) is 0 Å². The van der Waals surface area contributed by atoms with Gasteiger partial charge < -0.3 is 5.11 Å². The molecule has 1 fully saturated rings. The van der Waals surface area contributed by atoms with Gasteiger partial charge in [0.05, 0.1) is 0 Å². The molecule has 1 unspecified atom stereocenters. The van der Waals surface area contributed by atoms with Gasteiger partial charge in [0, 0.05) is 6.54 Å². The maximum atomic E-state index is 11.0. The summed E-state index contributed by atoms with van der Waals surface area (Å²) in [5.41, 5.74) is 0. The van der Waals surface area contributed by atoms with Gasteiger partial charge in [0.1, 0.15) is 6.04 Å². The molecule has 0 amide bonds. The number of carboxylic acids is 1. The third kappa shape index (κ3) is 1.74. The maximum Gasteiger partial charge on any atom is 0.336 e. The van der Waals surface area contributed by atoms with E-state index in [1.165, 1.54) is 0 Å². The molecule has 0 aromatic carbocycles. The van der Waals surface area contributed by atoms with Crippen LogP contribution >= 0.6 is 0 Å². The highest BCUT2D eigenvalue weighted by molar-refractivity contribution is 7.83. The molecule has 7 heteroatoms. The van der Waals surface area contributed by atoms with Gasteiger partial charge in [0.2, 0.25) is 1.43 Å². The molecular weight excluding hydrogens is 186 g/mol. The molecule has 0 aromatic heterocycles. The Labute approximate surface area is 71.2 Å². The molecular formula is C5H9NO5S.